The van der Waals surface area contributed by atoms with Crippen molar-refractivity contribution in [3.8, 4) is 0 Å². The van der Waals surface area contributed by atoms with Gasteiger partial charge in [0, 0.05) is 12.6 Å². The van der Waals surface area contributed by atoms with Crippen LogP contribution in [0.25, 0.3) is 0 Å². The summed E-state index contributed by atoms with van der Waals surface area (Å²) < 4.78 is 5.23. The summed E-state index contributed by atoms with van der Waals surface area (Å²) in [5.41, 5.74) is 0. The van der Waals surface area contributed by atoms with Gasteiger partial charge in [0.15, 0.2) is 0 Å². The second kappa shape index (κ2) is 6.15. The second-order valence-electron chi connectivity index (χ2n) is 4.93. The minimum atomic E-state index is -0.812. The number of nitrogens with one attached hydrogen (secondary N) is 2. The van der Waals surface area contributed by atoms with E-state index in [0.29, 0.717) is 26.2 Å². The van der Waals surface area contributed by atoms with E-state index in [9.17, 15) is 9.59 Å². The molecule has 1 amide bonds. The molecule has 0 bridgehead atoms. The van der Waals surface area contributed by atoms with Crippen molar-refractivity contribution in [1.82, 2.24) is 10.6 Å². The maximum absolute atomic E-state index is 12.0. The molecule has 6 nitrogen and oxygen atoms in total. The quantitative estimate of drug-likeness (QED) is 0.647. The van der Waals surface area contributed by atoms with E-state index < -0.39 is 11.9 Å². The van der Waals surface area contributed by atoms with Gasteiger partial charge >= 0.3 is 5.97 Å². The summed E-state index contributed by atoms with van der Waals surface area (Å²) in [6.07, 6.45) is 3.29. The van der Waals surface area contributed by atoms with Gasteiger partial charge in [0.2, 0.25) is 5.91 Å². The van der Waals surface area contributed by atoms with Crippen molar-refractivity contribution in [2.75, 3.05) is 19.8 Å². The molecule has 6 heteroatoms. The van der Waals surface area contributed by atoms with Crippen molar-refractivity contribution < 1.29 is 19.4 Å². The summed E-state index contributed by atoms with van der Waals surface area (Å²) in [7, 11) is 0. The molecule has 3 atom stereocenters. The smallest absolute Gasteiger partial charge is 0.308 e. The summed E-state index contributed by atoms with van der Waals surface area (Å²) in [6, 6.07) is -0.595. The van der Waals surface area contributed by atoms with Gasteiger partial charge in [0.1, 0.15) is 6.04 Å². The minimum Gasteiger partial charge on any atom is -0.481 e. The predicted octanol–water partition coefficient (Wildman–Crippen LogP) is -0.266. The van der Waals surface area contributed by atoms with E-state index in [2.05, 4.69) is 10.6 Å². The topological polar surface area (TPSA) is 87.7 Å². The van der Waals surface area contributed by atoms with E-state index in [4.69, 9.17) is 9.84 Å². The lowest BCUT2D eigenvalue weighted by Gasteiger charge is -2.31. The number of aliphatic carboxylic acids is 1. The fraction of sp³-hybridized carbons (Fsp3) is 0.833. The van der Waals surface area contributed by atoms with Crippen LogP contribution in [0.15, 0.2) is 0 Å². The fourth-order valence-electron chi connectivity index (χ4n) is 2.62. The lowest BCUT2D eigenvalue weighted by Crippen LogP contribution is -2.55. The van der Waals surface area contributed by atoms with E-state index in [1.807, 2.05) is 0 Å². The van der Waals surface area contributed by atoms with E-state index in [1.54, 1.807) is 0 Å². The first-order valence-corrected chi connectivity index (χ1v) is 6.53. The minimum absolute atomic E-state index is 0.146. The maximum atomic E-state index is 12.0. The van der Waals surface area contributed by atoms with Crippen LogP contribution in [0.5, 0.6) is 0 Å². The van der Waals surface area contributed by atoms with E-state index in [1.165, 1.54) is 0 Å². The van der Waals surface area contributed by atoms with Crippen molar-refractivity contribution in [3.05, 3.63) is 0 Å². The van der Waals surface area contributed by atoms with Crippen LogP contribution in [-0.4, -0.2) is 48.8 Å². The SMILES string of the molecule is O=C(NC1CCCCC1C(=O)O)C1COCCN1. The molecule has 1 aliphatic heterocycles. The Morgan fingerprint density at radius 1 is 1.28 bits per heavy atom. The fourth-order valence-corrected chi connectivity index (χ4v) is 2.62. The molecule has 2 fully saturated rings. The Morgan fingerprint density at radius 3 is 2.72 bits per heavy atom. The molecule has 3 unspecified atom stereocenters. The molecular weight excluding hydrogens is 236 g/mol. The number of carboxylic acid groups (broad SMARTS) is 1. The first-order valence-electron chi connectivity index (χ1n) is 6.53. The van der Waals surface area contributed by atoms with Crippen LogP contribution in [0.3, 0.4) is 0 Å². The number of carboxylic acids is 1. The zero-order valence-corrected chi connectivity index (χ0v) is 10.4. The summed E-state index contributed by atoms with van der Waals surface area (Å²) in [5, 5.41) is 15.1. The normalized spacial score (nSPS) is 32.8. The van der Waals surface area contributed by atoms with Gasteiger partial charge < -0.3 is 20.5 Å². The number of carbonyl (C=O) groups excluding carboxylic acids is 1. The van der Waals surface area contributed by atoms with Crippen molar-refractivity contribution in [1.29, 1.82) is 0 Å². The Labute approximate surface area is 106 Å². The molecule has 2 aliphatic rings. The number of carbonyl (C=O) groups is 2. The maximum Gasteiger partial charge on any atom is 0.308 e. The summed E-state index contributed by atoms with van der Waals surface area (Å²) in [5.74, 6) is -1.41. The highest BCUT2D eigenvalue weighted by Crippen LogP contribution is 2.24. The largest absolute Gasteiger partial charge is 0.481 e. The van der Waals surface area contributed by atoms with Crippen LogP contribution in [-0.2, 0) is 14.3 Å². The number of morpholine rings is 1. The first kappa shape index (κ1) is 13.3. The molecule has 2 rings (SSSR count). The van der Waals surface area contributed by atoms with Crippen molar-refractivity contribution in [2.24, 2.45) is 5.92 Å². The van der Waals surface area contributed by atoms with Crippen molar-refractivity contribution in [3.63, 3.8) is 0 Å². The van der Waals surface area contributed by atoms with Crippen LogP contribution in [0.4, 0.5) is 0 Å². The van der Waals surface area contributed by atoms with Crippen LogP contribution in [0.1, 0.15) is 25.7 Å². The average molecular weight is 256 g/mol. The molecule has 18 heavy (non-hydrogen) atoms. The van der Waals surface area contributed by atoms with E-state index >= 15 is 0 Å². The second-order valence-corrected chi connectivity index (χ2v) is 4.93. The van der Waals surface area contributed by atoms with Gasteiger partial charge in [-0.25, -0.2) is 0 Å². The van der Waals surface area contributed by atoms with Crippen LogP contribution >= 0.6 is 0 Å². The monoisotopic (exact) mass is 256 g/mol. The van der Waals surface area contributed by atoms with Crippen molar-refractivity contribution >= 4 is 11.9 Å². The summed E-state index contributed by atoms with van der Waals surface area (Å²) in [4.78, 5) is 23.1. The Morgan fingerprint density at radius 2 is 2.06 bits per heavy atom. The molecule has 1 saturated heterocycles. The van der Waals surface area contributed by atoms with E-state index in [0.717, 1.165) is 19.3 Å². The Kier molecular flexibility index (Phi) is 4.54. The van der Waals surface area contributed by atoms with Crippen LogP contribution in [0, 0.1) is 5.92 Å². The Balaban J connectivity index is 1.89. The van der Waals surface area contributed by atoms with Gasteiger partial charge in [-0.2, -0.15) is 0 Å². The van der Waals surface area contributed by atoms with Gasteiger partial charge in [-0.3, -0.25) is 9.59 Å². The number of rotatable bonds is 3. The third-order valence-corrected chi connectivity index (χ3v) is 3.65. The third-order valence-electron chi connectivity index (χ3n) is 3.65. The van der Waals surface area contributed by atoms with E-state index in [-0.39, 0.29) is 18.0 Å². The molecule has 0 aromatic rings. The molecule has 1 saturated carbocycles. The number of hydrogen-bond acceptors (Lipinski definition) is 4. The van der Waals surface area contributed by atoms with Gasteiger partial charge in [-0.1, -0.05) is 12.8 Å². The predicted molar refractivity (Wildman–Crippen MR) is 64.1 cm³/mol. The summed E-state index contributed by atoms with van der Waals surface area (Å²) >= 11 is 0. The van der Waals surface area contributed by atoms with Crippen LogP contribution < -0.4 is 10.6 Å². The van der Waals surface area contributed by atoms with Gasteiger partial charge in [0.05, 0.1) is 19.1 Å². The highest BCUT2D eigenvalue weighted by atomic mass is 16.5. The molecule has 0 radical (unpaired) electrons. The lowest BCUT2D eigenvalue weighted by atomic mass is 9.84. The number of ether oxygens (including phenoxy) is 1. The molecular formula is C12H20N2O4. The first-order chi connectivity index (χ1) is 8.68. The third kappa shape index (κ3) is 3.20. The molecule has 1 aliphatic carbocycles. The Bertz CT molecular complexity index is 315. The molecule has 0 spiro atoms. The zero-order chi connectivity index (χ0) is 13.0. The summed E-state index contributed by atoms with van der Waals surface area (Å²) in [6.45, 7) is 1.63. The van der Waals surface area contributed by atoms with Gasteiger partial charge in [-0.15, -0.1) is 0 Å². The zero-order valence-electron chi connectivity index (χ0n) is 10.4. The molecule has 1 heterocycles. The highest BCUT2D eigenvalue weighted by Gasteiger charge is 2.33. The molecule has 0 aromatic carbocycles. The molecule has 0 aromatic heterocycles. The van der Waals surface area contributed by atoms with Gasteiger partial charge in [-0.05, 0) is 12.8 Å². The van der Waals surface area contributed by atoms with Crippen LogP contribution in [0.2, 0.25) is 0 Å². The molecule has 102 valence electrons. The Hall–Kier alpha value is -1.14. The lowest BCUT2D eigenvalue weighted by molar-refractivity contribution is -0.144. The number of amides is 1. The van der Waals surface area contributed by atoms with Gasteiger partial charge in [0.25, 0.3) is 0 Å². The number of hydrogen-bond donors (Lipinski definition) is 3. The molecule has 3 N–H and O–H groups in total. The average Bonchev–Trinajstić information content (AvgIpc) is 2.40. The highest BCUT2D eigenvalue weighted by molar-refractivity contribution is 5.83. The standard InChI is InChI=1S/C12H20N2O4/c15-11(10-7-18-6-5-13-10)14-9-4-2-1-3-8(9)12(16)17/h8-10,13H,1-7H2,(H,14,15)(H,16,17). The van der Waals surface area contributed by atoms with Crippen molar-refractivity contribution in [2.45, 2.75) is 37.8 Å².